The van der Waals surface area contributed by atoms with Crippen molar-refractivity contribution in [1.82, 2.24) is 20.4 Å². The molecule has 2 fully saturated rings. The summed E-state index contributed by atoms with van der Waals surface area (Å²) < 4.78 is 0. The Hall–Kier alpha value is -2.37. The maximum atomic E-state index is 13.1. The van der Waals surface area contributed by atoms with Crippen molar-refractivity contribution in [2.75, 3.05) is 39.3 Å². The van der Waals surface area contributed by atoms with Gasteiger partial charge in [-0.25, -0.2) is 4.79 Å². The Kier molecular flexibility index (Phi) is 7.03. The van der Waals surface area contributed by atoms with Gasteiger partial charge in [-0.15, -0.1) is 0 Å². The van der Waals surface area contributed by atoms with Crippen LogP contribution in [-0.4, -0.2) is 61.1 Å². The Morgan fingerprint density at radius 1 is 0.900 bits per heavy atom. The van der Waals surface area contributed by atoms with Crippen LogP contribution < -0.4 is 10.6 Å². The van der Waals surface area contributed by atoms with Crippen molar-refractivity contribution in [1.29, 1.82) is 0 Å². The Morgan fingerprint density at radius 3 is 1.97 bits per heavy atom. The second-order valence-electron chi connectivity index (χ2n) is 8.55. The van der Waals surface area contributed by atoms with Crippen LogP contribution >= 0.6 is 0 Å². The van der Waals surface area contributed by atoms with Crippen LogP contribution in [0.5, 0.6) is 0 Å². The highest BCUT2D eigenvalue weighted by molar-refractivity contribution is 5.75. The van der Waals surface area contributed by atoms with Gasteiger partial charge in [0, 0.05) is 32.2 Å². The van der Waals surface area contributed by atoms with E-state index in [1.54, 1.807) is 0 Å². The molecule has 2 amide bonds. The molecule has 30 heavy (non-hydrogen) atoms. The molecule has 2 aromatic carbocycles. The number of piperidine rings is 1. The largest absolute Gasteiger partial charge is 0.327 e. The summed E-state index contributed by atoms with van der Waals surface area (Å²) in [6.45, 7) is 8.14. The third-order valence-electron chi connectivity index (χ3n) is 6.78. The fraction of sp³-hybridized carbons (Fsp3) is 0.480. The molecule has 0 aromatic heterocycles. The molecule has 2 saturated heterocycles. The molecule has 2 heterocycles. The minimum Gasteiger partial charge on any atom is -0.327 e. The molecule has 2 N–H and O–H groups in total. The predicted octanol–water partition coefficient (Wildman–Crippen LogP) is 3.49. The van der Waals surface area contributed by atoms with Crippen molar-refractivity contribution in [3.8, 4) is 0 Å². The summed E-state index contributed by atoms with van der Waals surface area (Å²) in [5.74, 6) is 0.771. The second kappa shape index (κ2) is 10.1. The van der Waals surface area contributed by atoms with Crippen LogP contribution in [0.15, 0.2) is 60.7 Å². The topological polar surface area (TPSA) is 47.6 Å². The van der Waals surface area contributed by atoms with Crippen molar-refractivity contribution in [3.05, 3.63) is 71.8 Å². The number of carbonyl (C=O) groups is 1. The number of nitrogens with one attached hydrogen (secondary N) is 2. The van der Waals surface area contributed by atoms with Crippen molar-refractivity contribution < 1.29 is 4.79 Å². The van der Waals surface area contributed by atoms with Gasteiger partial charge >= 0.3 is 6.03 Å². The lowest BCUT2D eigenvalue weighted by Gasteiger charge is -2.42. The van der Waals surface area contributed by atoms with Crippen molar-refractivity contribution in [2.45, 2.75) is 31.8 Å². The molecule has 5 heteroatoms. The number of nitrogens with zero attached hydrogens (tertiary/aromatic N) is 2. The lowest BCUT2D eigenvalue weighted by Crippen LogP contribution is -2.55. The van der Waals surface area contributed by atoms with Crippen molar-refractivity contribution in [3.63, 3.8) is 0 Å². The Bertz CT molecular complexity index is 744. The van der Waals surface area contributed by atoms with Gasteiger partial charge in [-0.3, -0.25) is 4.90 Å². The Morgan fingerprint density at radius 2 is 1.43 bits per heavy atom. The van der Waals surface area contributed by atoms with Crippen LogP contribution in [0.3, 0.4) is 0 Å². The predicted molar refractivity (Wildman–Crippen MR) is 121 cm³/mol. The van der Waals surface area contributed by atoms with E-state index in [-0.39, 0.29) is 12.1 Å². The third kappa shape index (κ3) is 5.02. The molecule has 160 valence electrons. The van der Waals surface area contributed by atoms with Crippen molar-refractivity contribution >= 4 is 6.03 Å². The summed E-state index contributed by atoms with van der Waals surface area (Å²) in [6.07, 6.45) is 2.52. The van der Waals surface area contributed by atoms with E-state index in [1.807, 2.05) is 41.3 Å². The fourth-order valence-corrected chi connectivity index (χ4v) is 4.82. The lowest BCUT2D eigenvalue weighted by molar-refractivity contribution is 0.0793. The van der Waals surface area contributed by atoms with Crippen LogP contribution in [0.4, 0.5) is 4.79 Å². The smallest absolute Gasteiger partial charge is 0.318 e. The van der Waals surface area contributed by atoms with Crippen LogP contribution in [0.2, 0.25) is 0 Å². The summed E-state index contributed by atoms with van der Waals surface area (Å²) >= 11 is 0. The van der Waals surface area contributed by atoms with E-state index < -0.39 is 0 Å². The zero-order valence-electron chi connectivity index (χ0n) is 18.0. The minimum atomic E-state index is -0.133. The second-order valence-corrected chi connectivity index (χ2v) is 8.55. The molecule has 0 spiro atoms. The van der Waals surface area contributed by atoms with Crippen LogP contribution in [-0.2, 0) is 0 Å². The number of piperazine rings is 1. The normalized spacial score (nSPS) is 19.6. The van der Waals surface area contributed by atoms with E-state index in [0.29, 0.717) is 6.04 Å². The first kappa shape index (κ1) is 20.9. The van der Waals surface area contributed by atoms with E-state index in [0.717, 1.165) is 56.3 Å². The first-order chi connectivity index (χ1) is 14.7. The number of urea groups is 1. The molecule has 1 atom stereocenters. The van der Waals surface area contributed by atoms with Crippen LogP contribution in [0, 0.1) is 5.92 Å². The SMILES string of the molecule is CC(C1CCNCC1)N1CCN(C(=O)NC(c2ccccc2)c2ccccc2)CC1. The number of hydrogen-bond acceptors (Lipinski definition) is 3. The molecule has 4 rings (SSSR count). The summed E-state index contributed by atoms with van der Waals surface area (Å²) in [5, 5.41) is 6.75. The molecule has 5 nitrogen and oxygen atoms in total. The minimum absolute atomic E-state index is 0.0295. The zero-order valence-corrected chi connectivity index (χ0v) is 18.0. The van der Waals surface area contributed by atoms with Crippen molar-refractivity contribution in [2.24, 2.45) is 5.92 Å². The molecule has 0 radical (unpaired) electrons. The number of hydrogen-bond donors (Lipinski definition) is 2. The lowest BCUT2D eigenvalue weighted by atomic mass is 9.90. The molecular weight excluding hydrogens is 372 g/mol. The van der Waals surface area contributed by atoms with Crippen LogP contribution in [0.1, 0.15) is 36.9 Å². The third-order valence-corrected chi connectivity index (χ3v) is 6.78. The van der Waals surface area contributed by atoms with Crippen LogP contribution in [0.25, 0.3) is 0 Å². The average Bonchev–Trinajstić information content (AvgIpc) is 2.83. The molecule has 1 unspecified atom stereocenters. The first-order valence-electron chi connectivity index (χ1n) is 11.3. The zero-order chi connectivity index (χ0) is 20.8. The molecule has 2 aliphatic heterocycles. The number of rotatable bonds is 5. The van der Waals surface area contributed by atoms with E-state index in [4.69, 9.17) is 0 Å². The fourth-order valence-electron chi connectivity index (χ4n) is 4.82. The Balaban J connectivity index is 1.37. The summed E-state index contributed by atoms with van der Waals surface area (Å²) in [4.78, 5) is 17.7. The highest BCUT2D eigenvalue weighted by atomic mass is 16.2. The van der Waals surface area contributed by atoms with Gasteiger partial charge in [0.1, 0.15) is 0 Å². The molecule has 0 bridgehead atoms. The molecular formula is C25H34N4O. The first-order valence-corrected chi connectivity index (χ1v) is 11.3. The van der Waals surface area contributed by atoms with E-state index in [2.05, 4.69) is 46.7 Å². The van der Waals surface area contributed by atoms with E-state index in [1.165, 1.54) is 12.8 Å². The summed E-state index contributed by atoms with van der Waals surface area (Å²) in [7, 11) is 0. The summed E-state index contributed by atoms with van der Waals surface area (Å²) in [6, 6.07) is 20.9. The van der Waals surface area contributed by atoms with Gasteiger partial charge in [0.05, 0.1) is 6.04 Å². The van der Waals surface area contributed by atoms with Gasteiger partial charge in [0.2, 0.25) is 0 Å². The highest BCUT2D eigenvalue weighted by Crippen LogP contribution is 2.24. The van der Waals surface area contributed by atoms with Gasteiger partial charge in [-0.2, -0.15) is 0 Å². The van der Waals surface area contributed by atoms with Gasteiger partial charge in [-0.05, 0) is 49.9 Å². The number of benzene rings is 2. The quantitative estimate of drug-likeness (QED) is 0.799. The highest BCUT2D eigenvalue weighted by Gasteiger charge is 2.30. The van der Waals surface area contributed by atoms with E-state index >= 15 is 0 Å². The average molecular weight is 407 g/mol. The molecule has 0 saturated carbocycles. The van der Waals surface area contributed by atoms with Gasteiger partial charge in [0.25, 0.3) is 0 Å². The monoisotopic (exact) mass is 406 g/mol. The molecule has 2 aromatic rings. The molecule has 0 aliphatic carbocycles. The number of carbonyl (C=O) groups excluding carboxylic acids is 1. The van der Waals surface area contributed by atoms with Gasteiger partial charge in [0.15, 0.2) is 0 Å². The number of amides is 2. The van der Waals surface area contributed by atoms with Gasteiger partial charge < -0.3 is 15.5 Å². The van der Waals surface area contributed by atoms with E-state index in [9.17, 15) is 4.79 Å². The summed E-state index contributed by atoms with van der Waals surface area (Å²) in [5.41, 5.74) is 2.21. The molecule has 2 aliphatic rings. The standard InChI is InChI=1S/C25H34N4O/c1-20(21-12-14-26-15-13-21)28-16-18-29(19-17-28)25(30)27-24(22-8-4-2-5-9-22)23-10-6-3-7-11-23/h2-11,20-21,24,26H,12-19H2,1H3,(H,27,30). The maximum Gasteiger partial charge on any atom is 0.318 e. The van der Waals surface area contributed by atoms with Gasteiger partial charge in [-0.1, -0.05) is 60.7 Å². The maximum absolute atomic E-state index is 13.1. The Labute approximate surface area is 180 Å².